The standard InChI is InChI=1S/C39H57NO4/c1-4-7-8-9-10-11-12-13-14-15-16-17-18-19-20-21-22-29-43-38(41)33-25-23-32(24-26-33)36-30-34-27-28-35(40(5-2)6-3)31-37(34)44-39(36)42/h23-28,30-31H,4-22,29H2,1-3H3. The van der Waals surface area contributed by atoms with Crippen LogP contribution in [0.2, 0.25) is 0 Å². The van der Waals surface area contributed by atoms with Gasteiger partial charge in [0.1, 0.15) is 5.58 Å². The zero-order valence-corrected chi connectivity index (χ0v) is 27.8. The average Bonchev–Trinajstić information content (AvgIpc) is 3.04. The van der Waals surface area contributed by atoms with Gasteiger partial charge in [-0.3, -0.25) is 0 Å². The van der Waals surface area contributed by atoms with E-state index in [-0.39, 0.29) is 11.6 Å². The molecule has 5 nitrogen and oxygen atoms in total. The van der Waals surface area contributed by atoms with Crippen LogP contribution in [-0.2, 0) is 4.74 Å². The second-order valence-electron chi connectivity index (χ2n) is 12.2. The lowest BCUT2D eigenvalue weighted by molar-refractivity contribution is 0.0497. The Morgan fingerprint density at radius 3 is 1.70 bits per heavy atom. The normalized spacial score (nSPS) is 11.2. The van der Waals surface area contributed by atoms with Crippen molar-refractivity contribution in [2.24, 2.45) is 0 Å². The summed E-state index contributed by atoms with van der Waals surface area (Å²) in [5.74, 6) is -0.317. The summed E-state index contributed by atoms with van der Waals surface area (Å²) in [6, 6.07) is 14.8. The van der Waals surface area contributed by atoms with Crippen LogP contribution in [0.15, 0.2) is 57.7 Å². The van der Waals surface area contributed by atoms with Crippen molar-refractivity contribution in [3.05, 3.63) is 64.5 Å². The number of carbonyl (C=O) groups excluding carboxylic acids is 1. The Kier molecular flexibility index (Phi) is 16.7. The predicted octanol–water partition coefficient (Wildman–Crippen LogP) is 11.1. The third-order valence-corrected chi connectivity index (χ3v) is 8.76. The summed E-state index contributed by atoms with van der Waals surface area (Å²) in [4.78, 5) is 27.5. The van der Waals surface area contributed by atoms with Crippen molar-refractivity contribution in [2.45, 2.75) is 130 Å². The van der Waals surface area contributed by atoms with E-state index in [9.17, 15) is 9.59 Å². The van der Waals surface area contributed by atoms with Crippen LogP contribution in [-0.4, -0.2) is 25.7 Å². The fourth-order valence-electron chi connectivity index (χ4n) is 5.95. The molecule has 1 aromatic heterocycles. The largest absolute Gasteiger partial charge is 0.462 e. The van der Waals surface area contributed by atoms with Gasteiger partial charge in [-0.1, -0.05) is 122 Å². The van der Waals surface area contributed by atoms with E-state index >= 15 is 0 Å². The van der Waals surface area contributed by atoms with Gasteiger partial charge in [-0.05, 0) is 56.2 Å². The zero-order chi connectivity index (χ0) is 31.4. The van der Waals surface area contributed by atoms with Gasteiger partial charge >= 0.3 is 11.6 Å². The van der Waals surface area contributed by atoms with Crippen LogP contribution in [0.25, 0.3) is 22.1 Å². The van der Waals surface area contributed by atoms with E-state index in [0.717, 1.165) is 42.6 Å². The lowest BCUT2D eigenvalue weighted by Crippen LogP contribution is -2.21. The first-order valence-corrected chi connectivity index (χ1v) is 17.7. The number of carbonyl (C=O) groups is 1. The van der Waals surface area contributed by atoms with Gasteiger partial charge in [0.15, 0.2) is 0 Å². The second kappa shape index (κ2) is 20.8. The van der Waals surface area contributed by atoms with Gasteiger partial charge in [0, 0.05) is 30.2 Å². The van der Waals surface area contributed by atoms with Crippen LogP contribution >= 0.6 is 0 Å². The molecule has 242 valence electrons. The third kappa shape index (κ3) is 12.1. The number of benzene rings is 2. The van der Waals surface area contributed by atoms with Gasteiger partial charge in [0.25, 0.3) is 0 Å². The minimum atomic E-state index is -0.386. The fourth-order valence-corrected chi connectivity index (χ4v) is 5.95. The summed E-state index contributed by atoms with van der Waals surface area (Å²) in [6.45, 7) is 8.71. The Labute approximate surface area is 266 Å². The van der Waals surface area contributed by atoms with Crippen LogP contribution in [0.3, 0.4) is 0 Å². The van der Waals surface area contributed by atoms with E-state index in [1.54, 1.807) is 24.3 Å². The van der Waals surface area contributed by atoms with E-state index in [4.69, 9.17) is 9.15 Å². The molecule has 0 unspecified atom stereocenters. The van der Waals surface area contributed by atoms with E-state index < -0.39 is 0 Å². The van der Waals surface area contributed by atoms with Gasteiger partial charge in [0.2, 0.25) is 0 Å². The second-order valence-corrected chi connectivity index (χ2v) is 12.2. The van der Waals surface area contributed by atoms with Crippen molar-refractivity contribution in [1.29, 1.82) is 0 Å². The molecule has 0 N–H and O–H groups in total. The van der Waals surface area contributed by atoms with Crippen LogP contribution in [0.4, 0.5) is 5.69 Å². The highest BCUT2D eigenvalue weighted by Crippen LogP contribution is 2.25. The van der Waals surface area contributed by atoms with Gasteiger partial charge in [-0.2, -0.15) is 0 Å². The molecule has 0 saturated heterocycles. The van der Waals surface area contributed by atoms with Crippen molar-refractivity contribution in [3.63, 3.8) is 0 Å². The first kappa shape index (κ1) is 35.4. The highest BCUT2D eigenvalue weighted by molar-refractivity contribution is 5.90. The van der Waals surface area contributed by atoms with Gasteiger partial charge in [-0.15, -0.1) is 0 Å². The molecule has 0 fully saturated rings. The molecule has 3 rings (SSSR count). The molecule has 2 aromatic carbocycles. The number of hydrogen-bond acceptors (Lipinski definition) is 5. The van der Waals surface area contributed by atoms with E-state index in [1.165, 1.54) is 96.3 Å². The van der Waals surface area contributed by atoms with Crippen molar-refractivity contribution in [2.75, 3.05) is 24.6 Å². The van der Waals surface area contributed by atoms with Crippen LogP contribution < -0.4 is 10.5 Å². The number of ether oxygens (including phenoxy) is 1. The minimum Gasteiger partial charge on any atom is -0.462 e. The lowest BCUT2D eigenvalue weighted by Gasteiger charge is -2.21. The summed E-state index contributed by atoms with van der Waals surface area (Å²) in [7, 11) is 0. The maximum atomic E-state index is 12.8. The Bertz CT molecular complexity index is 1280. The SMILES string of the molecule is CCCCCCCCCCCCCCCCCCCOC(=O)c1ccc(-c2cc3ccc(N(CC)CC)cc3oc2=O)cc1. The first-order chi connectivity index (χ1) is 21.6. The molecule has 3 aromatic rings. The Morgan fingerprint density at radius 2 is 1.18 bits per heavy atom. The number of esters is 1. The molecule has 0 aliphatic rings. The van der Waals surface area contributed by atoms with Crippen LogP contribution in [0.5, 0.6) is 0 Å². The number of anilines is 1. The number of nitrogens with zero attached hydrogens (tertiary/aromatic N) is 1. The molecule has 0 aliphatic heterocycles. The molecule has 0 spiro atoms. The van der Waals surface area contributed by atoms with Gasteiger partial charge < -0.3 is 14.1 Å². The summed E-state index contributed by atoms with van der Waals surface area (Å²) >= 11 is 0. The monoisotopic (exact) mass is 603 g/mol. The predicted molar refractivity (Wildman–Crippen MR) is 186 cm³/mol. The number of rotatable bonds is 23. The third-order valence-electron chi connectivity index (χ3n) is 8.76. The molecule has 5 heteroatoms. The lowest BCUT2D eigenvalue weighted by atomic mass is 10.0. The van der Waals surface area contributed by atoms with Gasteiger partial charge in [-0.25, -0.2) is 9.59 Å². The fraction of sp³-hybridized carbons (Fsp3) is 0.590. The summed E-state index contributed by atoms with van der Waals surface area (Å²) < 4.78 is 11.2. The zero-order valence-electron chi connectivity index (χ0n) is 27.8. The Morgan fingerprint density at radius 1 is 0.659 bits per heavy atom. The number of fused-ring (bicyclic) bond motifs is 1. The molecule has 0 bridgehead atoms. The Balaban J connectivity index is 1.27. The molecule has 0 radical (unpaired) electrons. The maximum Gasteiger partial charge on any atom is 0.344 e. The van der Waals surface area contributed by atoms with E-state index in [0.29, 0.717) is 23.3 Å². The maximum absolute atomic E-state index is 12.8. The van der Waals surface area contributed by atoms with Crippen LogP contribution in [0, 0.1) is 0 Å². The van der Waals surface area contributed by atoms with Crippen molar-refractivity contribution < 1.29 is 13.9 Å². The molecule has 0 saturated carbocycles. The minimum absolute atomic E-state index is 0.317. The molecular weight excluding hydrogens is 546 g/mol. The summed E-state index contributed by atoms with van der Waals surface area (Å²) in [6.07, 6.45) is 22.6. The van der Waals surface area contributed by atoms with E-state index in [2.05, 4.69) is 31.7 Å². The van der Waals surface area contributed by atoms with E-state index in [1.807, 2.05) is 18.2 Å². The first-order valence-electron chi connectivity index (χ1n) is 17.7. The number of unbranched alkanes of at least 4 members (excludes halogenated alkanes) is 16. The number of hydrogen-bond donors (Lipinski definition) is 0. The Hall–Kier alpha value is -3.08. The molecule has 1 heterocycles. The van der Waals surface area contributed by atoms with Crippen molar-refractivity contribution in [3.8, 4) is 11.1 Å². The molecular formula is C39H57NO4. The van der Waals surface area contributed by atoms with Gasteiger partial charge in [0.05, 0.1) is 17.7 Å². The topological polar surface area (TPSA) is 59.8 Å². The molecule has 44 heavy (non-hydrogen) atoms. The van der Waals surface area contributed by atoms with Crippen molar-refractivity contribution in [1.82, 2.24) is 0 Å². The average molecular weight is 604 g/mol. The molecule has 0 aliphatic carbocycles. The van der Waals surface area contributed by atoms with Crippen LogP contribution in [0.1, 0.15) is 140 Å². The smallest absolute Gasteiger partial charge is 0.344 e. The highest BCUT2D eigenvalue weighted by atomic mass is 16.5. The molecule has 0 atom stereocenters. The summed E-state index contributed by atoms with van der Waals surface area (Å²) in [5, 5.41) is 0.869. The summed E-state index contributed by atoms with van der Waals surface area (Å²) in [5.41, 5.74) is 2.93. The highest BCUT2D eigenvalue weighted by Gasteiger charge is 2.12. The quantitative estimate of drug-likeness (QED) is 0.0613. The van der Waals surface area contributed by atoms with Crippen molar-refractivity contribution >= 4 is 22.6 Å². The molecule has 0 amide bonds.